The SMILES string of the molecule is COc1cccc(CN2CCN(CC(=N)[O-])CCN(CC(=N)[O-])CCN(CC(=N)[O-])CC2)c1.[Gd+3]. The minimum atomic E-state index is -0.696. The van der Waals surface area contributed by atoms with Crippen molar-refractivity contribution in [3.05, 3.63) is 29.8 Å². The number of rotatable bonds is 9. The number of benzene rings is 1. The first-order chi connectivity index (χ1) is 15.7. The summed E-state index contributed by atoms with van der Waals surface area (Å²) in [7, 11) is 1.62. The summed E-state index contributed by atoms with van der Waals surface area (Å²) in [6, 6.07) is 7.81. The summed E-state index contributed by atoms with van der Waals surface area (Å²) in [5.41, 5.74) is 1.08. The summed E-state index contributed by atoms with van der Waals surface area (Å²) in [5.74, 6) is -1.25. The first-order valence-electron chi connectivity index (χ1n) is 11.0. The van der Waals surface area contributed by atoms with Gasteiger partial charge in [-0.1, -0.05) is 12.1 Å². The number of methoxy groups -OCH3 is 1. The minimum absolute atomic E-state index is 0. The molecule has 1 aromatic carbocycles. The van der Waals surface area contributed by atoms with Crippen LogP contribution in [-0.2, 0) is 6.54 Å². The average molecular weight is 618 g/mol. The number of nitrogens with one attached hydrogen (secondary N) is 3. The molecule has 3 N–H and O–H groups in total. The van der Waals surface area contributed by atoms with Crippen LogP contribution >= 0.6 is 0 Å². The monoisotopic (exact) mass is 618 g/mol. The van der Waals surface area contributed by atoms with Gasteiger partial charge in [0.1, 0.15) is 5.75 Å². The summed E-state index contributed by atoms with van der Waals surface area (Å²) in [6.45, 7) is 4.97. The number of ether oxygens (including phenoxy) is 1. The van der Waals surface area contributed by atoms with E-state index in [4.69, 9.17) is 21.0 Å². The predicted molar refractivity (Wildman–Crippen MR) is 121 cm³/mol. The van der Waals surface area contributed by atoms with E-state index in [0.29, 0.717) is 58.9 Å². The Bertz CT molecular complexity index is 766. The topological polar surface area (TPSA) is 163 Å². The zero-order valence-electron chi connectivity index (χ0n) is 19.6. The second kappa shape index (κ2) is 16.3. The van der Waals surface area contributed by atoms with Gasteiger partial charge < -0.3 is 36.3 Å². The van der Waals surface area contributed by atoms with Crippen molar-refractivity contribution in [1.82, 2.24) is 19.6 Å². The zero-order valence-corrected chi connectivity index (χ0v) is 21.8. The Labute approximate surface area is 233 Å². The third kappa shape index (κ3) is 12.3. The van der Waals surface area contributed by atoms with Crippen molar-refractivity contribution < 1.29 is 60.0 Å². The number of hydrogen-bond donors (Lipinski definition) is 3. The van der Waals surface area contributed by atoms with Crippen molar-refractivity contribution in [3.63, 3.8) is 0 Å². The molecular formula is C22H34GdN7O4. The molecule has 1 aromatic rings. The van der Waals surface area contributed by atoms with Crippen LogP contribution in [-0.4, -0.2) is 116 Å². The second-order valence-electron chi connectivity index (χ2n) is 8.23. The Kier molecular flexibility index (Phi) is 14.7. The van der Waals surface area contributed by atoms with Gasteiger partial charge in [-0.25, -0.2) is 0 Å². The van der Waals surface area contributed by atoms with E-state index >= 15 is 0 Å². The fourth-order valence-corrected chi connectivity index (χ4v) is 3.85. The maximum Gasteiger partial charge on any atom is 3.00 e. The molecule has 2 rings (SSSR count). The quantitative estimate of drug-likeness (QED) is 0.201. The van der Waals surface area contributed by atoms with Gasteiger partial charge >= 0.3 is 39.9 Å². The Morgan fingerprint density at radius 3 is 1.47 bits per heavy atom. The van der Waals surface area contributed by atoms with Crippen LogP contribution in [0.15, 0.2) is 24.3 Å². The van der Waals surface area contributed by atoms with Crippen molar-refractivity contribution in [1.29, 1.82) is 16.2 Å². The van der Waals surface area contributed by atoms with Crippen molar-refractivity contribution >= 4 is 17.7 Å². The molecule has 11 nitrogen and oxygen atoms in total. The summed E-state index contributed by atoms with van der Waals surface area (Å²) >= 11 is 0. The fraction of sp³-hybridized carbons (Fsp3) is 0.591. The predicted octanol–water partition coefficient (Wildman–Crippen LogP) is -2.57. The maximum absolute atomic E-state index is 11.5. The van der Waals surface area contributed by atoms with Crippen molar-refractivity contribution in [2.24, 2.45) is 0 Å². The van der Waals surface area contributed by atoms with E-state index in [1.54, 1.807) is 7.11 Å². The first kappa shape index (κ1) is 30.6. The average Bonchev–Trinajstić information content (AvgIpc) is 2.74. The first-order valence-corrected chi connectivity index (χ1v) is 11.0. The summed E-state index contributed by atoms with van der Waals surface area (Å²) in [6.07, 6.45) is 0. The molecule has 0 bridgehead atoms. The van der Waals surface area contributed by atoms with Crippen LogP contribution in [0, 0.1) is 56.2 Å². The normalized spacial score (nSPS) is 17.7. The van der Waals surface area contributed by atoms with E-state index in [0.717, 1.165) is 11.3 Å². The van der Waals surface area contributed by atoms with E-state index in [9.17, 15) is 15.3 Å². The largest absolute Gasteiger partial charge is 3.00 e. The van der Waals surface area contributed by atoms with E-state index in [1.165, 1.54) is 0 Å². The molecule has 0 amide bonds. The molecule has 1 aliphatic rings. The Morgan fingerprint density at radius 2 is 1.12 bits per heavy atom. The van der Waals surface area contributed by atoms with Gasteiger partial charge in [0, 0.05) is 78.5 Å². The van der Waals surface area contributed by atoms with Crippen LogP contribution in [0.3, 0.4) is 0 Å². The molecule has 1 aliphatic heterocycles. The molecule has 0 unspecified atom stereocenters. The Morgan fingerprint density at radius 1 is 0.735 bits per heavy atom. The van der Waals surface area contributed by atoms with Gasteiger partial charge in [0.25, 0.3) is 0 Å². The van der Waals surface area contributed by atoms with Crippen LogP contribution in [0.5, 0.6) is 5.75 Å². The minimum Gasteiger partial charge on any atom is -0.861 e. The van der Waals surface area contributed by atoms with Crippen LogP contribution in [0.4, 0.5) is 0 Å². The van der Waals surface area contributed by atoms with Gasteiger partial charge in [-0.3, -0.25) is 19.6 Å². The van der Waals surface area contributed by atoms with E-state index in [-0.39, 0.29) is 59.6 Å². The van der Waals surface area contributed by atoms with Gasteiger partial charge in [-0.2, -0.15) is 0 Å². The van der Waals surface area contributed by atoms with Crippen LogP contribution in [0.1, 0.15) is 5.56 Å². The molecule has 0 atom stereocenters. The van der Waals surface area contributed by atoms with Crippen molar-refractivity contribution in [2.45, 2.75) is 6.54 Å². The van der Waals surface area contributed by atoms with Gasteiger partial charge in [-0.05, 0) is 35.4 Å². The molecule has 0 saturated carbocycles. The van der Waals surface area contributed by atoms with E-state index in [2.05, 4.69) is 4.90 Å². The standard InChI is InChI=1S/C22H37N7O4.Gd/c1-33-19-4-2-3-18(13-19)14-26-5-7-27(15-20(23)30)9-11-29(17-22(25)32)12-10-28(8-6-26)16-21(24)31;/h2-4,13H,5-12,14-17H2,1H3,(H2,23,30)(H2,24,31)(H2,25,32);/q;+3/p-3. The van der Waals surface area contributed by atoms with E-state index < -0.39 is 17.7 Å². The van der Waals surface area contributed by atoms with Gasteiger partial charge in [0.2, 0.25) is 0 Å². The molecule has 0 aliphatic carbocycles. The molecule has 12 heteroatoms. The molecular weight excluding hydrogens is 584 g/mol. The van der Waals surface area contributed by atoms with Gasteiger partial charge in [0.05, 0.1) is 7.11 Å². The molecule has 1 radical (unpaired) electrons. The fourth-order valence-electron chi connectivity index (χ4n) is 3.85. The van der Waals surface area contributed by atoms with Gasteiger partial charge in [-0.15, -0.1) is 0 Å². The summed E-state index contributed by atoms with van der Waals surface area (Å²) in [4.78, 5) is 7.86. The summed E-state index contributed by atoms with van der Waals surface area (Å²) in [5, 5.41) is 56.4. The van der Waals surface area contributed by atoms with Crippen molar-refractivity contribution in [3.8, 4) is 5.75 Å². The molecule has 1 fully saturated rings. The molecule has 189 valence electrons. The third-order valence-electron chi connectivity index (χ3n) is 5.57. The van der Waals surface area contributed by atoms with Crippen LogP contribution in [0.25, 0.3) is 0 Å². The Hall–Kier alpha value is -1.41. The molecule has 34 heavy (non-hydrogen) atoms. The molecule has 1 saturated heterocycles. The Balaban J connectivity index is 0.00000578. The molecule has 0 aromatic heterocycles. The molecule has 0 spiro atoms. The zero-order chi connectivity index (χ0) is 24.2. The van der Waals surface area contributed by atoms with Crippen LogP contribution in [0.2, 0.25) is 0 Å². The number of hydrogen-bond acceptors (Lipinski definition) is 11. The van der Waals surface area contributed by atoms with Gasteiger partial charge in [0.15, 0.2) is 0 Å². The summed E-state index contributed by atoms with van der Waals surface area (Å²) < 4.78 is 5.32. The van der Waals surface area contributed by atoms with Crippen LogP contribution < -0.4 is 20.1 Å². The smallest absolute Gasteiger partial charge is 0.861 e. The number of nitrogens with zero attached hydrogens (tertiary/aromatic N) is 4. The van der Waals surface area contributed by atoms with Crippen molar-refractivity contribution in [2.75, 3.05) is 79.1 Å². The maximum atomic E-state index is 11.5. The molecule has 1 heterocycles. The second-order valence-corrected chi connectivity index (χ2v) is 8.23. The van der Waals surface area contributed by atoms with E-state index in [1.807, 2.05) is 39.0 Å². The third-order valence-corrected chi connectivity index (χ3v) is 5.57.